The van der Waals surface area contributed by atoms with E-state index in [1.54, 1.807) is 0 Å². The van der Waals surface area contributed by atoms with Gasteiger partial charge in [-0.3, -0.25) is 4.79 Å². The zero-order chi connectivity index (χ0) is 12.0. The maximum absolute atomic E-state index is 10.9. The molecule has 0 radical (unpaired) electrons. The van der Waals surface area contributed by atoms with E-state index in [1.165, 1.54) is 0 Å². The van der Waals surface area contributed by atoms with Crippen molar-refractivity contribution >= 4 is 6.41 Å². The van der Waals surface area contributed by atoms with E-state index in [2.05, 4.69) is 38.2 Å². The van der Waals surface area contributed by atoms with Crippen LogP contribution in [-0.2, 0) is 4.79 Å². The van der Waals surface area contributed by atoms with Gasteiger partial charge in [-0.25, -0.2) is 0 Å². The maximum Gasteiger partial charge on any atom is 0.210 e. The Bertz CT molecular complexity index is 262. The molecule has 1 aliphatic rings. The van der Waals surface area contributed by atoms with Crippen LogP contribution in [0.3, 0.4) is 0 Å². The van der Waals surface area contributed by atoms with Crippen LogP contribution < -0.4 is 0 Å². The summed E-state index contributed by atoms with van der Waals surface area (Å²) in [5, 5.41) is 0. The third-order valence-corrected chi connectivity index (χ3v) is 3.50. The molecular weight excluding hydrogens is 198 g/mol. The van der Waals surface area contributed by atoms with E-state index in [-0.39, 0.29) is 0 Å². The van der Waals surface area contributed by atoms with Gasteiger partial charge in [0.25, 0.3) is 0 Å². The predicted octanol–water partition coefficient (Wildman–Crippen LogP) is 3.01. The van der Waals surface area contributed by atoms with E-state index in [0.29, 0.717) is 17.9 Å². The summed E-state index contributed by atoms with van der Waals surface area (Å²) in [5.74, 6) is 1.34. The van der Waals surface area contributed by atoms with E-state index in [4.69, 9.17) is 0 Å². The lowest BCUT2D eigenvalue weighted by atomic mass is 10.2. The summed E-state index contributed by atoms with van der Waals surface area (Å²) in [7, 11) is 0. The minimum Gasteiger partial charge on any atom is -0.338 e. The quantitative estimate of drug-likeness (QED) is 0.367. The number of carbonyl (C=O) groups is 1. The van der Waals surface area contributed by atoms with Crippen LogP contribution in [0.5, 0.6) is 0 Å². The van der Waals surface area contributed by atoms with Crippen LogP contribution in [0.15, 0.2) is 24.3 Å². The average molecular weight is 221 g/mol. The highest BCUT2D eigenvalue weighted by atomic mass is 16.1. The number of amides is 1. The van der Waals surface area contributed by atoms with Crippen LogP contribution in [0.25, 0.3) is 0 Å². The Morgan fingerprint density at radius 3 is 2.19 bits per heavy atom. The number of unbranched alkanes of at least 4 members (excludes halogenated alkanes) is 1. The fourth-order valence-electron chi connectivity index (χ4n) is 2.15. The van der Waals surface area contributed by atoms with E-state index in [9.17, 15) is 4.79 Å². The lowest BCUT2D eigenvalue weighted by molar-refractivity contribution is -0.118. The van der Waals surface area contributed by atoms with Crippen molar-refractivity contribution in [1.82, 2.24) is 4.90 Å². The van der Waals surface area contributed by atoms with Crippen LogP contribution >= 0.6 is 0 Å². The molecule has 1 aliphatic carbocycles. The molecule has 1 rings (SSSR count). The number of carbonyl (C=O) groups excluding carboxylic acids is 1. The smallest absolute Gasteiger partial charge is 0.210 e. The van der Waals surface area contributed by atoms with Gasteiger partial charge in [0.1, 0.15) is 0 Å². The summed E-state index contributed by atoms with van der Waals surface area (Å²) < 4.78 is 0. The molecule has 0 saturated heterocycles. The lowest BCUT2D eigenvalue weighted by Crippen LogP contribution is -2.26. The van der Waals surface area contributed by atoms with Crippen molar-refractivity contribution in [3.8, 4) is 0 Å². The van der Waals surface area contributed by atoms with Crippen LogP contribution in [0, 0.1) is 11.8 Å². The Labute approximate surface area is 99.0 Å². The number of nitrogens with zero attached hydrogens (tertiary/aromatic N) is 1. The van der Waals surface area contributed by atoms with Crippen LogP contribution in [0.4, 0.5) is 0 Å². The van der Waals surface area contributed by atoms with E-state index >= 15 is 0 Å². The zero-order valence-corrected chi connectivity index (χ0v) is 10.6. The second-order valence-corrected chi connectivity index (χ2v) is 4.63. The monoisotopic (exact) mass is 221 g/mol. The highest BCUT2D eigenvalue weighted by Gasteiger charge is 2.46. The second-order valence-electron chi connectivity index (χ2n) is 4.63. The molecule has 2 nitrogen and oxygen atoms in total. The van der Waals surface area contributed by atoms with E-state index in [1.807, 2.05) is 11.8 Å². The van der Waals surface area contributed by atoms with E-state index < -0.39 is 0 Å². The average Bonchev–Trinajstić information content (AvgIpc) is 2.87. The van der Waals surface area contributed by atoms with Crippen LogP contribution in [0.2, 0.25) is 0 Å². The molecule has 0 aromatic rings. The molecule has 2 unspecified atom stereocenters. The topological polar surface area (TPSA) is 20.3 Å². The Balaban J connectivity index is 2.22. The van der Waals surface area contributed by atoms with Crippen molar-refractivity contribution in [3.05, 3.63) is 24.3 Å². The first-order valence-electron chi connectivity index (χ1n) is 6.19. The third kappa shape index (κ3) is 3.51. The SMILES string of the molecule is CC=CCCC=CCN(C=O)C1C(C)C1C. The highest BCUT2D eigenvalue weighted by molar-refractivity contribution is 5.49. The molecule has 0 N–H and O–H groups in total. The molecule has 0 aromatic heterocycles. The van der Waals surface area contributed by atoms with Crippen LogP contribution in [0.1, 0.15) is 33.6 Å². The molecule has 0 bridgehead atoms. The van der Waals surface area contributed by atoms with Gasteiger partial charge >= 0.3 is 0 Å². The van der Waals surface area contributed by atoms with Crippen LogP contribution in [-0.4, -0.2) is 23.9 Å². The van der Waals surface area contributed by atoms with Gasteiger partial charge in [0, 0.05) is 12.6 Å². The molecule has 0 spiro atoms. The summed E-state index contributed by atoms with van der Waals surface area (Å²) in [6.07, 6.45) is 11.6. The van der Waals surface area contributed by atoms with Gasteiger partial charge in [-0.05, 0) is 31.6 Å². The largest absolute Gasteiger partial charge is 0.338 e. The summed E-state index contributed by atoms with van der Waals surface area (Å²) in [5.41, 5.74) is 0. The minimum absolute atomic E-state index is 0.470. The lowest BCUT2D eigenvalue weighted by Gasteiger charge is -2.14. The van der Waals surface area contributed by atoms with Crippen molar-refractivity contribution in [3.63, 3.8) is 0 Å². The molecule has 1 saturated carbocycles. The van der Waals surface area contributed by atoms with Crippen molar-refractivity contribution in [1.29, 1.82) is 0 Å². The van der Waals surface area contributed by atoms with Gasteiger partial charge in [0.2, 0.25) is 6.41 Å². The molecule has 0 aromatic carbocycles. The fraction of sp³-hybridized carbons (Fsp3) is 0.643. The predicted molar refractivity (Wildman–Crippen MR) is 68.1 cm³/mol. The highest BCUT2D eigenvalue weighted by Crippen LogP contribution is 2.41. The van der Waals surface area contributed by atoms with Gasteiger partial charge in [0.05, 0.1) is 0 Å². The first-order valence-corrected chi connectivity index (χ1v) is 6.19. The Hall–Kier alpha value is -1.05. The Morgan fingerprint density at radius 1 is 1.06 bits per heavy atom. The molecule has 2 heteroatoms. The number of hydrogen-bond acceptors (Lipinski definition) is 1. The molecule has 1 amide bonds. The standard InChI is InChI=1S/C14H23NO/c1-4-5-6-7-8-9-10-15(11-16)14-12(2)13(14)3/h4-5,8-9,11-14H,6-7,10H2,1-3H3. The summed E-state index contributed by atoms with van der Waals surface area (Å²) in [6.45, 7) is 7.22. The molecule has 0 aliphatic heterocycles. The van der Waals surface area contributed by atoms with Crippen molar-refractivity contribution < 1.29 is 4.79 Å². The number of allylic oxidation sites excluding steroid dienone is 3. The van der Waals surface area contributed by atoms with Gasteiger partial charge < -0.3 is 4.90 Å². The van der Waals surface area contributed by atoms with Gasteiger partial charge in [-0.2, -0.15) is 0 Å². The molecule has 0 heterocycles. The van der Waals surface area contributed by atoms with E-state index in [0.717, 1.165) is 25.8 Å². The van der Waals surface area contributed by atoms with Crippen molar-refractivity contribution in [2.45, 2.75) is 39.7 Å². The summed E-state index contributed by atoms with van der Waals surface area (Å²) >= 11 is 0. The second kappa shape index (κ2) is 6.51. The van der Waals surface area contributed by atoms with Crippen molar-refractivity contribution in [2.24, 2.45) is 11.8 Å². The molecule has 1 fully saturated rings. The summed E-state index contributed by atoms with van der Waals surface area (Å²) in [4.78, 5) is 12.8. The zero-order valence-electron chi connectivity index (χ0n) is 10.6. The number of rotatable bonds is 7. The maximum atomic E-state index is 10.9. The Kier molecular flexibility index (Phi) is 5.30. The van der Waals surface area contributed by atoms with Crippen molar-refractivity contribution in [2.75, 3.05) is 6.54 Å². The molecule has 2 atom stereocenters. The molecule has 90 valence electrons. The van der Waals surface area contributed by atoms with Gasteiger partial charge in [0.15, 0.2) is 0 Å². The Morgan fingerprint density at radius 2 is 1.69 bits per heavy atom. The third-order valence-electron chi connectivity index (χ3n) is 3.50. The molecular formula is C14H23NO. The van der Waals surface area contributed by atoms with Gasteiger partial charge in [-0.15, -0.1) is 0 Å². The fourth-order valence-corrected chi connectivity index (χ4v) is 2.15. The number of hydrogen-bond donors (Lipinski definition) is 0. The first kappa shape index (κ1) is 13.0. The normalized spacial score (nSPS) is 28.8. The van der Waals surface area contributed by atoms with Gasteiger partial charge in [-0.1, -0.05) is 38.2 Å². The molecule has 16 heavy (non-hydrogen) atoms. The summed E-state index contributed by atoms with van der Waals surface area (Å²) in [6, 6.07) is 0.470. The first-order chi connectivity index (χ1) is 7.72. The minimum atomic E-state index is 0.470.